The number of unbranched alkanes of at least 4 members (excludes halogenated alkanes) is 29. The first-order valence-corrected chi connectivity index (χ1v) is 24.8. The minimum Gasteiger partial charge on any atom is -0.462 e. The predicted octanol–water partition coefficient (Wildman–Crippen LogP) is 11.1. The molecule has 348 valence electrons. The van der Waals surface area contributed by atoms with Crippen molar-refractivity contribution in [3.63, 3.8) is 0 Å². The summed E-state index contributed by atoms with van der Waals surface area (Å²) >= 11 is 0. The van der Waals surface area contributed by atoms with Crippen molar-refractivity contribution in [1.82, 2.24) is 0 Å². The molecule has 0 spiro atoms. The molecule has 4 N–H and O–H groups in total. The zero-order chi connectivity index (χ0) is 43.0. The number of aliphatic hydroxyl groups excluding tert-OH is 4. The van der Waals surface area contributed by atoms with Crippen molar-refractivity contribution >= 4 is 11.9 Å². The SMILES string of the molecule is CCCCCCCCCCCCC/C=C/CCC(=O)O[C@@H](COC(=O)CCCCCCCCCCCCCCCCCCCCC)CO[C@H]1O[C@@H](CO)[C@@H](O)C(O)C1O. The summed E-state index contributed by atoms with van der Waals surface area (Å²) in [6.07, 6.45) is 36.6. The number of esters is 2. The van der Waals surface area contributed by atoms with Gasteiger partial charge in [0.15, 0.2) is 12.4 Å². The van der Waals surface area contributed by atoms with Crippen LogP contribution >= 0.6 is 0 Å². The number of hydrogen-bond acceptors (Lipinski definition) is 10. The van der Waals surface area contributed by atoms with E-state index >= 15 is 0 Å². The van der Waals surface area contributed by atoms with Gasteiger partial charge in [-0.25, -0.2) is 0 Å². The topological polar surface area (TPSA) is 152 Å². The van der Waals surface area contributed by atoms with Crippen molar-refractivity contribution in [2.24, 2.45) is 0 Å². The lowest BCUT2D eigenvalue weighted by Crippen LogP contribution is -2.59. The monoisotopic (exact) mass is 841 g/mol. The maximum absolute atomic E-state index is 12.8. The van der Waals surface area contributed by atoms with E-state index in [1.54, 1.807) is 0 Å². The normalized spacial score (nSPS) is 20.0. The van der Waals surface area contributed by atoms with Crippen molar-refractivity contribution in [3.05, 3.63) is 12.2 Å². The lowest BCUT2D eigenvalue weighted by atomic mass is 9.99. The molecular formula is C49H92O10. The molecule has 59 heavy (non-hydrogen) atoms. The molecule has 0 bridgehead atoms. The summed E-state index contributed by atoms with van der Waals surface area (Å²) in [6.45, 7) is 3.43. The highest BCUT2D eigenvalue weighted by Crippen LogP contribution is 2.23. The number of carbonyl (C=O) groups is 2. The summed E-state index contributed by atoms with van der Waals surface area (Å²) < 4.78 is 22.2. The average molecular weight is 841 g/mol. The highest BCUT2D eigenvalue weighted by atomic mass is 16.7. The quantitative estimate of drug-likeness (QED) is 0.0265. The van der Waals surface area contributed by atoms with Crippen LogP contribution in [0.2, 0.25) is 0 Å². The lowest BCUT2D eigenvalue weighted by Gasteiger charge is -2.39. The molecule has 0 saturated carbocycles. The van der Waals surface area contributed by atoms with Gasteiger partial charge in [0.25, 0.3) is 0 Å². The fourth-order valence-electron chi connectivity index (χ4n) is 7.74. The third-order valence-corrected chi connectivity index (χ3v) is 11.7. The molecule has 10 heteroatoms. The van der Waals surface area contributed by atoms with Crippen LogP contribution in [0.4, 0.5) is 0 Å². The van der Waals surface area contributed by atoms with E-state index in [1.165, 1.54) is 167 Å². The van der Waals surface area contributed by atoms with Crippen LogP contribution in [0.5, 0.6) is 0 Å². The number of hydrogen-bond donors (Lipinski definition) is 4. The maximum atomic E-state index is 12.8. The molecule has 1 rings (SSSR count). The van der Waals surface area contributed by atoms with Crippen LogP contribution in [-0.4, -0.2) is 89.0 Å². The van der Waals surface area contributed by atoms with Gasteiger partial charge in [0.05, 0.1) is 13.2 Å². The lowest BCUT2D eigenvalue weighted by molar-refractivity contribution is -0.305. The maximum Gasteiger partial charge on any atom is 0.306 e. The summed E-state index contributed by atoms with van der Waals surface area (Å²) in [5.41, 5.74) is 0. The predicted molar refractivity (Wildman–Crippen MR) is 238 cm³/mol. The van der Waals surface area contributed by atoms with Gasteiger partial charge in [0.1, 0.15) is 31.0 Å². The summed E-state index contributed by atoms with van der Waals surface area (Å²) in [6, 6.07) is 0. The zero-order valence-electron chi connectivity index (χ0n) is 38.0. The van der Waals surface area contributed by atoms with Crippen LogP contribution in [0.3, 0.4) is 0 Å². The van der Waals surface area contributed by atoms with Crippen LogP contribution in [0.1, 0.15) is 232 Å². The summed E-state index contributed by atoms with van der Waals surface area (Å²) in [7, 11) is 0. The molecule has 1 aliphatic heterocycles. The first kappa shape index (κ1) is 55.5. The minimum atomic E-state index is -1.60. The number of allylic oxidation sites excluding steroid dienone is 2. The molecule has 6 atom stereocenters. The molecule has 0 amide bonds. The zero-order valence-corrected chi connectivity index (χ0v) is 38.0. The van der Waals surface area contributed by atoms with Gasteiger partial charge < -0.3 is 39.4 Å². The van der Waals surface area contributed by atoms with Gasteiger partial charge in [0, 0.05) is 12.8 Å². The molecule has 0 aromatic rings. The third-order valence-electron chi connectivity index (χ3n) is 11.7. The number of carbonyl (C=O) groups excluding carboxylic acids is 2. The molecule has 1 fully saturated rings. The molecule has 10 nitrogen and oxygen atoms in total. The van der Waals surface area contributed by atoms with Crippen LogP contribution in [0.25, 0.3) is 0 Å². The van der Waals surface area contributed by atoms with E-state index in [1.807, 2.05) is 6.08 Å². The fraction of sp³-hybridized carbons (Fsp3) is 0.918. The van der Waals surface area contributed by atoms with Crippen LogP contribution < -0.4 is 0 Å². The van der Waals surface area contributed by atoms with Crippen molar-refractivity contribution in [3.8, 4) is 0 Å². The van der Waals surface area contributed by atoms with Crippen molar-refractivity contribution < 1.29 is 49.0 Å². The van der Waals surface area contributed by atoms with Gasteiger partial charge in [-0.3, -0.25) is 9.59 Å². The van der Waals surface area contributed by atoms with Crippen molar-refractivity contribution in [1.29, 1.82) is 0 Å². The second kappa shape index (κ2) is 40.5. The Morgan fingerprint density at radius 1 is 0.508 bits per heavy atom. The van der Waals surface area contributed by atoms with Gasteiger partial charge in [0.2, 0.25) is 0 Å². The van der Waals surface area contributed by atoms with Gasteiger partial charge in [-0.2, -0.15) is 0 Å². The van der Waals surface area contributed by atoms with E-state index in [4.69, 9.17) is 18.9 Å². The van der Waals surface area contributed by atoms with Gasteiger partial charge in [-0.15, -0.1) is 0 Å². The molecule has 1 heterocycles. The second-order valence-electron chi connectivity index (χ2n) is 17.3. The Kier molecular flexibility index (Phi) is 38.1. The highest BCUT2D eigenvalue weighted by molar-refractivity contribution is 5.70. The Balaban J connectivity index is 2.27. The fourth-order valence-corrected chi connectivity index (χ4v) is 7.74. The first-order valence-electron chi connectivity index (χ1n) is 24.8. The van der Waals surface area contributed by atoms with E-state index in [0.717, 1.165) is 32.1 Å². The number of ether oxygens (including phenoxy) is 4. The smallest absolute Gasteiger partial charge is 0.306 e. The Hall–Kier alpha value is -1.56. The third kappa shape index (κ3) is 31.9. The van der Waals surface area contributed by atoms with Gasteiger partial charge in [-0.1, -0.05) is 206 Å². The standard InChI is InChI=1S/C49H92O10/c1-3-5-7-9-11-13-15-17-19-20-21-22-24-25-27-29-31-33-35-37-44(51)56-40-42(41-57-49-48(55)47(54)46(53)43(39-50)59-49)58-45(52)38-36-34-32-30-28-26-23-18-16-14-12-10-8-6-4-2/h32,34,42-43,46-50,53-55H,3-31,33,35-41H2,1-2H3/b34-32+/t42-,43-,46+,47?,48?,49-/m0/s1. The van der Waals surface area contributed by atoms with Crippen LogP contribution in [-0.2, 0) is 28.5 Å². The van der Waals surface area contributed by atoms with E-state index < -0.39 is 49.4 Å². The molecule has 0 aliphatic carbocycles. The van der Waals surface area contributed by atoms with Gasteiger partial charge in [-0.05, 0) is 25.7 Å². The van der Waals surface area contributed by atoms with Crippen LogP contribution in [0.15, 0.2) is 12.2 Å². The molecule has 0 radical (unpaired) electrons. The van der Waals surface area contributed by atoms with E-state index in [-0.39, 0.29) is 32.0 Å². The van der Waals surface area contributed by atoms with E-state index in [9.17, 15) is 30.0 Å². The number of aliphatic hydroxyl groups is 4. The summed E-state index contributed by atoms with van der Waals surface area (Å²) in [5.74, 6) is -0.849. The van der Waals surface area contributed by atoms with Crippen molar-refractivity contribution in [2.75, 3.05) is 19.8 Å². The molecule has 1 saturated heterocycles. The van der Waals surface area contributed by atoms with Crippen molar-refractivity contribution in [2.45, 2.75) is 269 Å². The summed E-state index contributed by atoms with van der Waals surface area (Å²) in [4.78, 5) is 25.4. The molecule has 1 aliphatic rings. The molecule has 0 aromatic heterocycles. The molecular weight excluding hydrogens is 749 g/mol. The molecule has 2 unspecified atom stereocenters. The van der Waals surface area contributed by atoms with E-state index in [2.05, 4.69) is 19.9 Å². The Bertz CT molecular complexity index is 974. The Labute approximate surface area is 361 Å². The average Bonchev–Trinajstić information content (AvgIpc) is 3.23. The molecule has 0 aromatic carbocycles. The second-order valence-corrected chi connectivity index (χ2v) is 17.3. The Morgan fingerprint density at radius 3 is 1.39 bits per heavy atom. The minimum absolute atomic E-state index is 0.151. The largest absolute Gasteiger partial charge is 0.462 e. The number of rotatable bonds is 42. The van der Waals surface area contributed by atoms with E-state index in [0.29, 0.717) is 6.42 Å². The first-order chi connectivity index (χ1) is 28.8. The summed E-state index contributed by atoms with van der Waals surface area (Å²) in [5, 5.41) is 40.1. The Morgan fingerprint density at radius 2 is 0.932 bits per heavy atom. The van der Waals surface area contributed by atoms with Crippen LogP contribution in [0, 0.1) is 0 Å². The highest BCUT2D eigenvalue weighted by Gasteiger charge is 2.44. The van der Waals surface area contributed by atoms with Gasteiger partial charge >= 0.3 is 11.9 Å².